The third kappa shape index (κ3) is 5.02. The SMILES string of the molecule is Cc1ccc(Br)c(CNc2nc(NCc3nc(-c4ccncc4)cs3)c3c(n2)C(C)SC3)n1. The van der Waals surface area contributed by atoms with E-state index < -0.39 is 0 Å². The summed E-state index contributed by atoms with van der Waals surface area (Å²) in [6.45, 7) is 5.34. The zero-order chi connectivity index (χ0) is 22.8. The van der Waals surface area contributed by atoms with Crippen LogP contribution < -0.4 is 10.6 Å². The molecule has 0 bridgehead atoms. The molecular formula is C23H22BrN7S2. The first-order valence-corrected chi connectivity index (χ1v) is 13.3. The van der Waals surface area contributed by atoms with E-state index in [-0.39, 0.29) is 0 Å². The summed E-state index contributed by atoms with van der Waals surface area (Å²) in [5, 5.41) is 10.3. The maximum Gasteiger partial charge on any atom is 0.225 e. The number of halogens is 1. The molecule has 4 aromatic heterocycles. The van der Waals surface area contributed by atoms with Gasteiger partial charge in [-0.25, -0.2) is 9.97 Å². The van der Waals surface area contributed by atoms with Gasteiger partial charge in [0, 0.05) is 50.1 Å². The molecule has 0 spiro atoms. The fraction of sp³-hybridized carbons (Fsp3) is 0.261. The highest BCUT2D eigenvalue weighted by Crippen LogP contribution is 2.43. The van der Waals surface area contributed by atoms with E-state index in [1.54, 1.807) is 23.7 Å². The van der Waals surface area contributed by atoms with Gasteiger partial charge < -0.3 is 10.6 Å². The van der Waals surface area contributed by atoms with Gasteiger partial charge in [0.1, 0.15) is 10.8 Å². The summed E-state index contributed by atoms with van der Waals surface area (Å²) in [5.74, 6) is 2.39. The summed E-state index contributed by atoms with van der Waals surface area (Å²) in [7, 11) is 0. The quantitative estimate of drug-likeness (QED) is 0.296. The van der Waals surface area contributed by atoms with E-state index in [1.165, 1.54) is 5.56 Å². The number of nitrogens with one attached hydrogen (secondary N) is 2. The molecule has 0 radical (unpaired) electrons. The van der Waals surface area contributed by atoms with Crippen molar-refractivity contribution in [2.45, 2.75) is 37.9 Å². The molecule has 0 aromatic carbocycles. The van der Waals surface area contributed by atoms with Gasteiger partial charge in [-0.05, 0) is 54.0 Å². The predicted molar refractivity (Wildman–Crippen MR) is 138 cm³/mol. The van der Waals surface area contributed by atoms with Crippen LogP contribution in [0, 0.1) is 6.92 Å². The lowest BCUT2D eigenvalue weighted by Crippen LogP contribution is -2.12. The van der Waals surface area contributed by atoms with Crippen molar-refractivity contribution in [1.29, 1.82) is 0 Å². The van der Waals surface area contributed by atoms with E-state index in [9.17, 15) is 0 Å². The molecule has 1 unspecified atom stereocenters. The smallest absolute Gasteiger partial charge is 0.225 e. The molecule has 0 aliphatic carbocycles. The molecule has 4 aromatic rings. The number of pyridine rings is 2. The van der Waals surface area contributed by atoms with Crippen LogP contribution in [0.15, 0.2) is 46.5 Å². The van der Waals surface area contributed by atoms with E-state index in [1.807, 2.05) is 43.0 Å². The van der Waals surface area contributed by atoms with Crippen LogP contribution in [0.1, 0.15) is 39.8 Å². The number of hydrogen-bond acceptors (Lipinski definition) is 9. The van der Waals surface area contributed by atoms with Crippen molar-refractivity contribution in [2.75, 3.05) is 10.6 Å². The Morgan fingerprint density at radius 1 is 1.03 bits per heavy atom. The fourth-order valence-corrected chi connectivity index (χ4v) is 5.74. The van der Waals surface area contributed by atoms with Gasteiger partial charge >= 0.3 is 0 Å². The zero-order valence-electron chi connectivity index (χ0n) is 18.2. The first kappa shape index (κ1) is 22.2. The number of aromatic nitrogens is 5. The van der Waals surface area contributed by atoms with Crippen LogP contribution in [-0.4, -0.2) is 24.9 Å². The van der Waals surface area contributed by atoms with Crippen LogP contribution in [0.5, 0.6) is 0 Å². The summed E-state index contributed by atoms with van der Waals surface area (Å²) in [6, 6.07) is 7.95. The molecule has 1 atom stereocenters. The van der Waals surface area contributed by atoms with Gasteiger partial charge in [0.15, 0.2) is 0 Å². The second-order valence-corrected chi connectivity index (χ2v) is 10.8. The number of hydrogen-bond donors (Lipinski definition) is 2. The summed E-state index contributed by atoms with van der Waals surface area (Å²) in [6.07, 6.45) is 3.57. The molecule has 10 heteroatoms. The van der Waals surface area contributed by atoms with Crippen molar-refractivity contribution in [3.8, 4) is 11.3 Å². The van der Waals surface area contributed by atoms with Crippen LogP contribution >= 0.6 is 39.0 Å². The van der Waals surface area contributed by atoms with Crippen molar-refractivity contribution < 1.29 is 0 Å². The number of nitrogens with zero attached hydrogens (tertiary/aromatic N) is 5. The molecule has 7 nitrogen and oxygen atoms in total. The lowest BCUT2D eigenvalue weighted by molar-refractivity contribution is 0.930. The normalized spacial score (nSPS) is 14.8. The molecule has 5 rings (SSSR count). The molecule has 168 valence electrons. The molecule has 1 aliphatic heterocycles. The number of rotatable bonds is 7. The summed E-state index contributed by atoms with van der Waals surface area (Å²) in [5.41, 5.74) is 6.22. The molecule has 1 aliphatic rings. The highest BCUT2D eigenvalue weighted by Gasteiger charge is 2.26. The molecule has 0 fully saturated rings. The number of thiazole rings is 1. The number of anilines is 2. The number of aryl methyl sites for hydroxylation is 1. The van der Waals surface area contributed by atoms with E-state index in [0.717, 1.165) is 49.4 Å². The van der Waals surface area contributed by atoms with E-state index in [4.69, 9.17) is 15.0 Å². The first-order chi connectivity index (χ1) is 16.1. The standard InChI is InChI=1S/C23H22BrN7S2/c1-13-3-4-17(24)18(28-13)9-27-23-30-21-14(2)32-11-16(21)22(31-23)26-10-20-29-19(12-33-20)15-5-7-25-8-6-15/h3-8,12,14H,9-11H2,1-2H3,(H2,26,27,30,31). The van der Waals surface area contributed by atoms with Crippen molar-refractivity contribution in [2.24, 2.45) is 0 Å². The van der Waals surface area contributed by atoms with Gasteiger partial charge in [0.05, 0.1) is 30.2 Å². The third-order valence-electron chi connectivity index (χ3n) is 5.31. The lowest BCUT2D eigenvalue weighted by Gasteiger charge is -2.13. The van der Waals surface area contributed by atoms with Crippen LogP contribution in [0.4, 0.5) is 11.8 Å². The monoisotopic (exact) mass is 539 g/mol. The summed E-state index contributed by atoms with van der Waals surface area (Å²) in [4.78, 5) is 23.1. The minimum absolute atomic E-state index is 0.339. The number of fused-ring (bicyclic) bond motifs is 1. The number of thioether (sulfide) groups is 1. The highest BCUT2D eigenvalue weighted by atomic mass is 79.9. The Hall–Kier alpha value is -2.56. The van der Waals surface area contributed by atoms with Gasteiger partial charge in [-0.2, -0.15) is 4.98 Å². The first-order valence-electron chi connectivity index (χ1n) is 10.5. The lowest BCUT2D eigenvalue weighted by atomic mass is 10.2. The Bertz CT molecular complexity index is 1280. The molecule has 33 heavy (non-hydrogen) atoms. The minimum atomic E-state index is 0.339. The van der Waals surface area contributed by atoms with Gasteiger partial charge in [-0.15, -0.1) is 23.1 Å². The van der Waals surface area contributed by atoms with Crippen molar-refractivity contribution in [3.05, 3.63) is 74.2 Å². The second-order valence-electron chi connectivity index (χ2n) is 7.66. The molecule has 0 saturated heterocycles. The molecule has 5 heterocycles. The van der Waals surface area contributed by atoms with Crippen LogP contribution in [-0.2, 0) is 18.8 Å². The Morgan fingerprint density at radius 2 is 1.88 bits per heavy atom. The van der Waals surface area contributed by atoms with Crippen LogP contribution in [0.3, 0.4) is 0 Å². The van der Waals surface area contributed by atoms with E-state index >= 15 is 0 Å². The average molecular weight is 541 g/mol. The Morgan fingerprint density at radius 3 is 2.73 bits per heavy atom. The maximum absolute atomic E-state index is 4.82. The fourth-order valence-electron chi connectivity index (χ4n) is 3.58. The topological polar surface area (TPSA) is 88.5 Å². The van der Waals surface area contributed by atoms with E-state index in [0.29, 0.717) is 24.3 Å². The van der Waals surface area contributed by atoms with Gasteiger partial charge in [0.2, 0.25) is 5.95 Å². The molecule has 0 saturated carbocycles. The Balaban J connectivity index is 1.34. The Kier molecular flexibility index (Phi) is 6.57. The Labute approximate surface area is 209 Å². The van der Waals surface area contributed by atoms with Gasteiger partial charge in [-0.3, -0.25) is 9.97 Å². The van der Waals surface area contributed by atoms with Crippen LogP contribution in [0.2, 0.25) is 0 Å². The predicted octanol–water partition coefficient (Wildman–Crippen LogP) is 5.99. The summed E-state index contributed by atoms with van der Waals surface area (Å²) >= 11 is 7.10. The van der Waals surface area contributed by atoms with Crippen molar-refractivity contribution in [1.82, 2.24) is 24.9 Å². The van der Waals surface area contributed by atoms with Gasteiger partial charge in [0.25, 0.3) is 0 Å². The molecule has 0 amide bonds. The average Bonchev–Trinajstić information content (AvgIpc) is 3.46. The van der Waals surface area contributed by atoms with Crippen molar-refractivity contribution >= 4 is 50.8 Å². The van der Waals surface area contributed by atoms with Gasteiger partial charge in [-0.1, -0.05) is 0 Å². The highest BCUT2D eigenvalue weighted by molar-refractivity contribution is 9.10. The third-order valence-corrected chi connectivity index (χ3v) is 8.06. The zero-order valence-corrected chi connectivity index (χ0v) is 21.4. The molecular weight excluding hydrogens is 518 g/mol. The molecule has 2 N–H and O–H groups in total. The van der Waals surface area contributed by atoms with Crippen LogP contribution in [0.25, 0.3) is 11.3 Å². The minimum Gasteiger partial charge on any atom is -0.363 e. The van der Waals surface area contributed by atoms with Crippen molar-refractivity contribution in [3.63, 3.8) is 0 Å². The van der Waals surface area contributed by atoms with E-state index in [2.05, 4.69) is 48.8 Å². The maximum atomic E-state index is 4.82. The largest absolute Gasteiger partial charge is 0.363 e. The summed E-state index contributed by atoms with van der Waals surface area (Å²) < 4.78 is 0.970. The second kappa shape index (κ2) is 9.74.